The number of ether oxygens (including phenoxy) is 1. The molecule has 1 aromatic carbocycles. The van der Waals surface area contributed by atoms with E-state index in [2.05, 4.69) is 28.1 Å². The van der Waals surface area contributed by atoms with Crippen molar-refractivity contribution in [2.24, 2.45) is 11.8 Å². The number of amides is 1. The Balaban J connectivity index is 1.51. The third-order valence-electron chi connectivity index (χ3n) is 8.46. The number of nitrogens with one attached hydrogen (secondary N) is 3. The van der Waals surface area contributed by atoms with Crippen LogP contribution in [0.4, 0.5) is 25.1 Å². The minimum Gasteiger partial charge on any atom is -0.420 e. The largest absolute Gasteiger partial charge is 0.423 e. The molecule has 3 atom stereocenters. The van der Waals surface area contributed by atoms with Gasteiger partial charge in [-0.25, -0.2) is 23.5 Å². The molecule has 0 radical (unpaired) electrons. The Hall–Kier alpha value is -3.28. The zero-order valence-corrected chi connectivity index (χ0v) is 24.6. The number of pyridine rings is 1. The second-order valence-corrected chi connectivity index (χ2v) is 12.3. The molecule has 1 saturated carbocycles. The summed E-state index contributed by atoms with van der Waals surface area (Å²) < 4.78 is 37.7. The molecule has 0 spiro atoms. The Morgan fingerprint density at radius 3 is 2.67 bits per heavy atom. The number of carbonyl (C=O) groups excluding carboxylic acids is 1. The fourth-order valence-electron chi connectivity index (χ4n) is 6.15. The van der Waals surface area contributed by atoms with Crippen molar-refractivity contribution in [3.63, 3.8) is 0 Å². The molecule has 1 saturated heterocycles. The predicted molar refractivity (Wildman–Crippen MR) is 156 cm³/mol. The lowest BCUT2D eigenvalue weighted by Gasteiger charge is -2.47. The number of benzene rings is 1. The second kappa shape index (κ2) is 11.4. The quantitative estimate of drug-likeness (QED) is 0.286. The highest BCUT2D eigenvalue weighted by molar-refractivity contribution is 6.31. The van der Waals surface area contributed by atoms with E-state index in [1.54, 1.807) is 18.3 Å². The highest BCUT2D eigenvalue weighted by atomic mass is 35.5. The van der Waals surface area contributed by atoms with Gasteiger partial charge in [0.15, 0.2) is 17.3 Å². The number of carbonyl (C=O) groups is 1. The first-order chi connectivity index (χ1) is 20.1. The Kier molecular flexibility index (Phi) is 7.84. The van der Waals surface area contributed by atoms with Gasteiger partial charge in [0.25, 0.3) is 0 Å². The molecule has 3 unspecified atom stereocenters. The van der Waals surface area contributed by atoms with Crippen LogP contribution < -0.4 is 21.1 Å². The van der Waals surface area contributed by atoms with Crippen molar-refractivity contribution in [2.75, 3.05) is 23.3 Å². The standard InChI is InChI=1S/C29H31Cl2F2N7O2/c1-15-6-8-16(9-7-15)14-40-21(29(2,33)19-4-3-5-20(31)22(19)32)13-35-25-24(40)23(17-10-18(30)12-34-11-17)36-26(37-25)27-38-39-28(41)42-27/h3-5,10-12,15-16,21,27,38H,6-9,13-14H2,1-2H3,(H,39,41)(H,35,36,37). The maximum atomic E-state index is 17.1. The molecule has 222 valence electrons. The van der Waals surface area contributed by atoms with E-state index in [0.29, 0.717) is 40.2 Å². The first kappa shape index (κ1) is 28.8. The SMILES string of the molecule is CC1CCC(CN2c3c(nc(C4NNC(=O)O4)nc3-c3cncc(Cl)c3)NCC2C(C)(F)c2cccc(Cl)c2F)CC1. The van der Waals surface area contributed by atoms with Crippen molar-refractivity contribution >= 4 is 40.8 Å². The van der Waals surface area contributed by atoms with Gasteiger partial charge in [-0.3, -0.25) is 10.4 Å². The smallest absolute Gasteiger partial charge is 0.420 e. The highest BCUT2D eigenvalue weighted by Crippen LogP contribution is 2.46. The van der Waals surface area contributed by atoms with E-state index < -0.39 is 29.8 Å². The van der Waals surface area contributed by atoms with E-state index in [1.807, 2.05) is 4.90 Å². The number of halogens is 4. The summed E-state index contributed by atoms with van der Waals surface area (Å²) in [6, 6.07) is 5.26. The van der Waals surface area contributed by atoms with Crippen LogP contribution >= 0.6 is 23.2 Å². The number of anilines is 2. The van der Waals surface area contributed by atoms with Crippen molar-refractivity contribution in [3.8, 4) is 11.3 Å². The normalized spacial score (nSPS) is 25.2. The summed E-state index contributed by atoms with van der Waals surface area (Å²) in [5, 5.41) is 3.51. The predicted octanol–water partition coefficient (Wildman–Crippen LogP) is 6.54. The first-order valence-corrected chi connectivity index (χ1v) is 14.8. The molecular formula is C29H31Cl2F2N7O2. The number of rotatable bonds is 6. The van der Waals surface area contributed by atoms with E-state index in [1.165, 1.54) is 25.3 Å². The Bertz CT molecular complexity index is 1500. The summed E-state index contributed by atoms with van der Waals surface area (Å²) in [5.41, 5.74) is 4.37. The summed E-state index contributed by atoms with van der Waals surface area (Å²) in [7, 11) is 0. The minimum absolute atomic E-state index is 0.120. The molecular weight excluding hydrogens is 587 g/mol. The third kappa shape index (κ3) is 5.45. The second-order valence-electron chi connectivity index (χ2n) is 11.4. The number of hydrogen-bond acceptors (Lipinski definition) is 8. The fraction of sp³-hybridized carbons (Fsp3) is 0.448. The Morgan fingerprint density at radius 1 is 1.17 bits per heavy atom. The van der Waals surface area contributed by atoms with Crippen LogP contribution in [-0.4, -0.2) is 40.2 Å². The fourth-order valence-corrected chi connectivity index (χ4v) is 6.50. The van der Waals surface area contributed by atoms with Crippen LogP contribution in [0.25, 0.3) is 11.3 Å². The molecule has 6 rings (SSSR count). The zero-order chi connectivity index (χ0) is 29.6. The molecule has 0 bridgehead atoms. The topological polar surface area (TPSA) is 104 Å². The number of hydrazine groups is 1. The van der Waals surface area contributed by atoms with Crippen molar-refractivity contribution in [1.29, 1.82) is 0 Å². The molecule has 3 N–H and O–H groups in total. The molecule has 1 amide bonds. The van der Waals surface area contributed by atoms with Gasteiger partial charge in [-0.15, -0.1) is 0 Å². The molecule has 9 nitrogen and oxygen atoms in total. The van der Waals surface area contributed by atoms with Crippen molar-refractivity contribution in [3.05, 3.63) is 63.9 Å². The molecule has 2 fully saturated rings. The average molecular weight is 619 g/mol. The van der Waals surface area contributed by atoms with Gasteiger partial charge in [0.2, 0.25) is 6.23 Å². The number of cyclic esters (lactones) is 1. The van der Waals surface area contributed by atoms with Crippen LogP contribution in [0.5, 0.6) is 0 Å². The molecule has 42 heavy (non-hydrogen) atoms. The molecule has 3 aliphatic rings. The van der Waals surface area contributed by atoms with Gasteiger partial charge in [-0.2, -0.15) is 5.43 Å². The van der Waals surface area contributed by atoms with E-state index in [0.717, 1.165) is 25.7 Å². The van der Waals surface area contributed by atoms with Gasteiger partial charge in [0.05, 0.1) is 16.1 Å². The number of hydrogen-bond donors (Lipinski definition) is 3. The van der Waals surface area contributed by atoms with Gasteiger partial charge in [-0.1, -0.05) is 55.1 Å². The van der Waals surface area contributed by atoms with Crippen LogP contribution in [0.15, 0.2) is 36.7 Å². The summed E-state index contributed by atoms with van der Waals surface area (Å²) >= 11 is 12.4. The average Bonchev–Trinajstić information content (AvgIpc) is 3.41. The van der Waals surface area contributed by atoms with Crippen molar-refractivity contribution < 1.29 is 18.3 Å². The zero-order valence-electron chi connectivity index (χ0n) is 23.1. The maximum absolute atomic E-state index is 17.1. The van der Waals surface area contributed by atoms with Gasteiger partial charge < -0.3 is 15.0 Å². The van der Waals surface area contributed by atoms with E-state index >= 15 is 8.78 Å². The van der Waals surface area contributed by atoms with Gasteiger partial charge in [0, 0.05) is 36.6 Å². The number of fused-ring (bicyclic) bond motifs is 1. The van der Waals surface area contributed by atoms with Crippen LogP contribution in [0.3, 0.4) is 0 Å². The molecule has 2 aliphatic heterocycles. The number of nitrogens with zero attached hydrogens (tertiary/aromatic N) is 4. The molecule has 4 heterocycles. The van der Waals surface area contributed by atoms with Gasteiger partial charge in [0.1, 0.15) is 17.2 Å². The summed E-state index contributed by atoms with van der Waals surface area (Å²) in [6.07, 6.45) is 5.64. The summed E-state index contributed by atoms with van der Waals surface area (Å²) in [4.78, 5) is 27.5. The third-order valence-corrected chi connectivity index (χ3v) is 8.96. The number of aromatic nitrogens is 3. The lowest BCUT2D eigenvalue weighted by molar-refractivity contribution is 0.124. The van der Waals surface area contributed by atoms with E-state index in [-0.39, 0.29) is 28.9 Å². The van der Waals surface area contributed by atoms with Crippen molar-refractivity contribution in [2.45, 2.75) is 57.5 Å². The number of alkyl halides is 1. The Morgan fingerprint density at radius 2 is 1.95 bits per heavy atom. The van der Waals surface area contributed by atoms with Crippen LogP contribution in [0.2, 0.25) is 10.0 Å². The monoisotopic (exact) mass is 617 g/mol. The molecule has 13 heteroatoms. The molecule has 3 aromatic rings. The summed E-state index contributed by atoms with van der Waals surface area (Å²) in [6.45, 7) is 4.26. The minimum atomic E-state index is -2.16. The van der Waals surface area contributed by atoms with Gasteiger partial charge >= 0.3 is 6.09 Å². The maximum Gasteiger partial charge on any atom is 0.423 e. The van der Waals surface area contributed by atoms with Crippen LogP contribution in [0, 0.1) is 17.7 Å². The highest BCUT2D eigenvalue weighted by Gasteiger charge is 2.47. The Labute approximate surface area is 252 Å². The molecule has 1 aliphatic carbocycles. The van der Waals surface area contributed by atoms with E-state index in [4.69, 9.17) is 37.9 Å². The molecule has 2 aromatic heterocycles. The van der Waals surface area contributed by atoms with Gasteiger partial charge in [-0.05, 0) is 43.7 Å². The van der Waals surface area contributed by atoms with E-state index in [9.17, 15) is 4.79 Å². The summed E-state index contributed by atoms with van der Waals surface area (Å²) in [5.74, 6) is 0.745. The van der Waals surface area contributed by atoms with Crippen LogP contribution in [0.1, 0.15) is 57.1 Å². The first-order valence-electron chi connectivity index (χ1n) is 14.0. The van der Waals surface area contributed by atoms with Crippen LogP contribution in [-0.2, 0) is 10.4 Å². The lowest BCUT2D eigenvalue weighted by Crippen LogP contribution is -2.56. The lowest BCUT2D eigenvalue weighted by atomic mass is 9.81. The van der Waals surface area contributed by atoms with Crippen molar-refractivity contribution in [1.82, 2.24) is 25.8 Å².